The Kier molecular flexibility index (Phi) is 13.0. The molecule has 8 heteroatoms. The summed E-state index contributed by atoms with van der Waals surface area (Å²) < 4.78 is 26.3. The predicted octanol–water partition coefficient (Wildman–Crippen LogP) is 4.37. The third-order valence-electron chi connectivity index (χ3n) is 5.18. The molecule has 0 spiro atoms. The normalized spacial score (nSPS) is 18.2. The van der Waals surface area contributed by atoms with Gasteiger partial charge in [0.25, 0.3) is 0 Å². The molecular weight excluding hydrogens is 440 g/mol. The number of rotatable bonds is 15. The SMILES string of the molecule is CCOC(=O)[C@H]1OC(/C=C/CCCCCCCCOC(=O)c2ccccc2)O[C@@H]1C(=O)OCC. The van der Waals surface area contributed by atoms with Crippen LogP contribution in [0.15, 0.2) is 42.5 Å². The van der Waals surface area contributed by atoms with Crippen molar-refractivity contribution in [2.24, 2.45) is 0 Å². The van der Waals surface area contributed by atoms with Crippen LogP contribution in [0.1, 0.15) is 69.2 Å². The fourth-order valence-corrected chi connectivity index (χ4v) is 3.46. The first-order valence-corrected chi connectivity index (χ1v) is 12.1. The summed E-state index contributed by atoms with van der Waals surface area (Å²) >= 11 is 0. The summed E-state index contributed by atoms with van der Waals surface area (Å²) in [4.78, 5) is 36.0. The van der Waals surface area contributed by atoms with Crippen LogP contribution < -0.4 is 0 Å². The van der Waals surface area contributed by atoms with Gasteiger partial charge in [-0.05, 0) is 51.3 Å². The maximum Gasteiger partial charge on any atom is 0.338 e. The van der Waals surface area contributed by atoms with Gasteiger partial charge in [0.05, 0.1) is 25.4 Å². The highest BCUT2D eigenvalue weighted by atomic mass is 16.8. The molecule has 1 fully saturated rings. The highest BCUT2D eigenvalue weighted by molar-refractivity contribution is 5.89. The average Bonchev–Trinajstić information content (AvgIpc) is 3.28. The Labute approximate surface area is 201 Å². The number of hydrogen-bond donors (Lipinski definition) is 0. The maximum absolute atomic E-state index is 12.1. The molecule has 0 N–H and O–H groups in total. The van der Waals surface area contributed by atoms with Gasteiger partial charge in [-0.1, -0.05) is 50.0 Å². The number of unbranched alkanes of at least 4 members (excludes halogenated alkanes) is 6. The van der Waals surface area contributed by atoms with Gasteiger partial charge in [-0.2, -0.15) is 0 Å². The molecule has 1 aliphatic rings. The minimum absolute atomic E-state index is 0.188. The lowest BCUT2D eigenvalue weighted by molar-refractivity contribution is -0.163. The number of esters is 3. The molecule has 2 atom stereocenters. The van der Waals surface area contributed by atoms with Crippen molar-refractivity contribution in [3.63, 3.8) is 0 Å². The molecule has 188 valence electrons. The summed E-state index contributed by atoms with van der Waals surface area (Å²) in [6.07, 6.45) is 7.61. The first-order valence-electron chi connectivity index (χ1n) is 12.1. The molecule has 0 aromatic heterocycles. The van der Waals surface area contributed by atoms with E-state index >= 15 is 0 Å². The van der Waals surface area contributed by atoms with Crippen molar-refractivity contribution in [1.29, 1.82) is 0 Å². The van der Waals surface area contributed by atoms with Crippen LogP contribution in [0.4, 0.5) is 0 Å². The van der Waals surface area contributed by atoms with Gasteiger partial charge in [0, 0.05) is 0 Å². The van der Waals surface area contributed by atoms with Crippen molar-refractivity contribution in [2.45, 2.75) is 77.3 Å². The van der Waals surface area contributed by atoms with Crippen LogP contribution in [0.25, 0.3) is 0 Å². The predicted molar refractivity (Wildman–Crippen MR) is 125 cm³/mol. The molecule has 0 saturated carbocycles. The summed E-state index contributed by atoms with van der Waals surface area (Å²) in [5.41, 5.74) is 0.580. The summed E-state index contributed by atoms with van der Waals surface area (Å²) in [6.45, 7) is 4.19. The summed E-state index contributed by atoms with van der Waals surface area (Å²) in [6, 6.07) is 9.00. The zero-order chi connectivity index (χ0) is 24.6. The molecule has 0 amide bonds. The Morgan fingerprint density at radius 3 is 1.94 bits per heavy atom. The molecule has 1 aromatic carbocycles. The number of hydrogen-bond acceptors (Lipinski definition) is 8. The number of benzene rings is 1. The first kappa shape index (κ1) is 27.5. The second-order valence-corrected chi connectivity index (χ2v) is 7.83. The molecule has 0 unspecified atom stereocenters. The van der Waals surface area contributed by atoms with Crippen LogP contribution in [0.3, 0.4) is 0 Å². The number of carbonyl (C=O) groups excluding carboxylic acids is 3. The zero-order valence-electron chi connectivity index (χ0n) is 20.1. The third kappa shape index (κ3) is 9.65. The Morgan fingerprint density at radius 1 is 0.794 bits per heavy atom. The lowest BCUT2D eigenvalue weighted by atomic mass is 10.1. The molecule has 0 bridgehead atoms. The molecule has 2 rings (SSSR count). The Morgan fingerprint density at radius 2 is 1.35 bits per heavy atom. The smallest absolute Gasteiger partial charge is 0.338 e. The molecule has 34 heavy (non-hydrogen) atoms. The van der Waals surface area contributed by atoms with E-state index in [1.807, 2.05) is 24.3 Å². The number of ether oxygens (including phenoxy) is 5. The van der Waals surface area contributed by atoms with Crippen molar-refractivity contribution in [3.05, 3.63) is 48.0 Å². The summed E-state index contributed by atoms with van der Waals surface area (Å²) in [5, 5.41) is 0. The van der Waals surface area contributed by atoms with Crippen LogP contribution in [0.5, 0.6) is 0 Å². The van der Waals surface area contributed by atoms with E-state index in [2.05, 4.69) is 0 Å². The lowest BCUT2D eigenvalue weighted by Gasteiger charge is -2.13. The third-order valence-corrected chi connectivity index (χ3v) is 5.18. The van der Waals surface area contributed by atoms with Crippen LogP contribution in [-0.4, -0.2) is 56.2 Å². The number of carbonyl (C=O) groups is 3. The Balaban J connectivity index is 1.55. The van der Waals surface area contributed by atoms with E-state index in [1.54, 1.807) is 32.1 Å². The van der Waals surface area contributed by atoms with Gasteiger partial charge in [0.1, 0.15) is 0 Å². The minimum Gasteiger partial charge on any atom is -0.464 e. The van der Waals surface area contributed by atoms with E-state index in [1.165, 1.54) is 0 Å². The van der Waals surface area contributed by atoms with Gasteiger partial charge in [0.2, 0.25) is 0 Å². The van der Waals surface area contributed by atoms with Gasteiger partial charge >= 0.3 is 17.9 Å². The number of allylic oxidation sites excluding steroid dienone is 1. The van der Waals surface area contributed by atoms with E-state index in [0.717, 1.165) is 44.9 Å². The summed E-state index contributed by atoms with van der Waals surface area (Å²) in [5.74, 6) is -1.54. The topological polar surface area (TPSA) is 97.4 Å². The van der Waals surface area contributed by atoms with Gasteiger partial charge in [-0.3, -0.25) is 0 Å². The fourth-order valence-electron chi connectivity index (χ4n) is 3.46. The second-order valence-electron chi connectivity index (χ2n) is 7.83. The largest absolute Gasteiger partial charge is 0.464 e. The fraction of sp³-hybridized carbons (Fsp3) is 0.577. The first-order chi connectivity index (χ1) is 16.6. The van der Waals surface area contributed by atoms with Crippen molar-refractivity contribution < 1.29 is 38.1 Å². The van der Waals surface area contributed by atoms with Gasteiger partial charge in [-0.15, -0.1) is 0 Å². The van der Waals surface area contributed by atoms with E-state index in [0.29, 0.717) is 12.2 Å². The lowest BCUT2D eigenvalue weighted by Crippen LogP contribution is -2.39. The van der Waals surface area contributed by atoms with Crippen molar-refractivity contribution >= 4 is 17.9 Å². The zero-order valence-corrected chi connectivity index (χ0v) is 20.1. The van der Waals surface area contributed by atoms with E-state index < -0.39 is 30.4 Å². The molecule has 8 nitrogen and oxygen atoms in total. The molecule has 1 heterocycles. The van der Waals surface area contributed by atoms with Crippen molar-refractivity contribution in [1.82, 2.24) is 0 Å². The van der Waals surface area contributed by atoms with Crippen LogP contribution in [-0.2, 0) is 33.3 Å². The van der Waals surface area contributed by atoms with E-state index in [9.17, 15) is 14.4 Å². The molecule has 0 radical (unpaired) electrons. The molecule has 0 aliphatic carbocycles. The van der Waals surface area contributed by atoms with Crippen LogP contribution >= 0.6 is 0 Å². The summed E-state index contributed by atoms with van der Waals surface area (Å²) in [7, 11) is 0. The highest BCUT2D eigenvalue weighted by Crippen LogP contribution is 2.23. The molecule has 1 aromatic rings. The van der Waals surface area contributed by atoms with Gasteiger partial charge in [-0.25, -0.2) is 14.4 Å². The Hall–Kier alpha value is -2.71. The van der Waals surface area contributed by atoms with E-state index in [4.69, 9.17) is 23.7 Å². The van der Waals surface area contributed by atoms with Gasteiger partial charge < -0.3 is 23.7 Å². The highest BCUT2D eigenvalue weighted by Gasteiger charge is 2.46. The van der Waals surface area contributed by atoms with Crippen LogP contribution in [0.2, 0.25) is 0 Å². The van der Waals surface area contributed by atoms with Crippen molar-refractivity contribution in [3.8, 4) is 0 Å². The molecular formula is C26H36O8. The second kappa shape index (κ2) is 16.0. The molecule has 1 saturated heterocycles. The Bertz CT molecular complexity index is 750. The maximum atomic E-state index is 12.1. The standard InChI is InChI=1S/C26H36O8/c1-3-30-25(28)22-23(26(29)31-4-2)34-21(33-22)18-14-9-7-5-6-8-10-15-19-32-24(27)20-16-12-11-13-17-20/h11-14,16-18,21-23H,3-10,15,19H2,1-2H3/b18-14+/t22-,23-/m0/s1. The quantitative estimate of drug-likeness (QED) is 0.159. The van der Waals surface area contributed by atoms with Crippen molar-refractivity contribution in [2.75, 3.05) is 19.8 Å². The van der Waals surface area contributed by atoms with E-state index in [-0.39, 0.29) is 19.2 Å². The monoisotopic (exact) mass is 476 g/mol. The van der Waals surface area contributed by atoms with Crippen LogP contribution in [0, 0.1) is 0 Å². The average molecular weight is 477 g/mol. The van der Waals surface area contributed by atoms with Gasteiger partial charge in [0.15, 0.2) is 18.5 Å². The minimum atomic E-state index is -1.12. The molecule has 1 aliphatic heterocycles.